The second-order valence-corrected chi connectivity index (χ2v) is 11.5. The lowest BCUT2D eigenvalue weighted by Gasteiger charge is -2.37. The maximum Gasteiger partial charge on any atom is 0.423 e. The number of benzene rings is 1. The van der Waals surface area contributed by atoms with Crippen LogP contribution < -0.4 is 20.5 Å². The van der Waals surface area contributed by atoms with Gasteiger partial charge < -0.3 is 24.2 Å². The number of hydrogen-bond acceptors (Lipinski definition) is 10. The van der Waals surface area contributed by atoms with Gasteiger partial charge in [0.1, 0.15) is 23.7 Å². The van der Waals surface area contributed by atoms with Crippen molar-refractivity contribution in [3.8, 4) is 5.75 Å². The summed E-state index contributed by atoms with van der Waals surface area (Å²) < 4.78 is 97.4. The standard InChI is InChI=1S/C31H33F6N7O4/c1-18(40-24-14-39-44(29(45)27(24)31(35,36)37)15-20-4-7-23(46-3)8-5-20)16-47-17-26-41-28(42-48-26)21-10-11-43(19(2)12-21)25-9-6-22(13-38-25)30(32,33)34/h4-9,13-14,18-19,21,40H,10-12,15-17H2,1-3H3. The van der Waals surface area contributed by atoms with E-state index in [4.69, 9.17) is 14.0 Å². The van der Waals surface area contributed by atoms with Gasteiger partial charge in [0.25, 0.3) is 11.4 Å². The third-order valence-electron chi connectivity index (χ3n) is 7.91. The number of aromatic nitrogens is 5. The number of rotatable bonds is 11. The highest BCUT2D eigenvalue weighted by atomic mass is 19.4. The van der Waals surface area contributed by atoms with Gasteiger partial charge in [0.05, 0.1) is 37.7 Å². The van der Waals surface area contributed by atoms with E-state index in [-0.39, 0.29) is 37.6 Å². The Labute approximate surface area is 270 Å². The van der Waals surface area contributed by atoms with Gasteiger partial charge in [-0.15, -0.1) is 0 Å². The molecule has 1 aliphatic heterocycles. The SMILES string of the molecule is COc1ccc(Cn2ncc(NC(C)COCc3nc(C4CCN(c5ccc(C(F)(F)F)cn5)C(C)C4)no3)c(C(F)(F)F)c2=O)cc1. The number of pyridine rings is 1. The predicted molar refractivity (Wildman–Crippen MR) is 161 cm³/mol. The summed E-state index contributed by atoms with van der Waals surface area (Å²) >= 11 is 0. The van der Waals surface area contributed by atoms with Crippen LogP contribution in [0.3, 0.4) is 0 Å². The van der Waals surface area contributed by atoms with Crippen LogP contribution in [0.5, 0.6) is 5.75 Å². The largest absolute Gasteiger partial charge is 0.497 e. The number of methoxy groups -OCH3 is 1. The second-order valence-electron chi connectivity index (χ2n) is 11.5. The summed E-state index contributed by atoms with van der Waals surface area (Å²) in [7, 11) is 1.49. The van der Waals surface area contributed by atoms with Gasteiger partial charge in [-0.2, -0.15) is 36.4 Å². The van der Waals surface area contributed by atoms with Crippen molar-refractivity contribution in [2.45, 2.75) is 70.2 Å². The third-order valence-corrected chi connectivity index (χ3v) is 7.91. The first-order chi connectivity index (χ1) is 22.7. The first-order valence-corrected chi connectivity index (χ1v) is 15.0. The molecule has 0 spiro atoms. The van der Waals surface area contributed by atoms with Crippen LogP contribution in [0, 0.1) is 0 Å². The molecule has 48 heavy (non-hydrogen) atoms. The number of halogens is 6. The lowest BCUT2D eigenvalue weighted by Crippen LogP contribution is -2.41. The number of nitrogens with zero attached hydrogens (tertiary/aromatic N) is 6. The highest BCUT2D eigenvalue weighted by Gasteiger charge is 2.39. The molecule has 258 valence electrons. The van der Waals surface area contributed by atoms with Crippen molar-refractivity contribution in [2.24, 2.45) is 0 Å². The van der Waals surface area contributed by atoms with E-state index < -0.39 is 40.8 Å². The Bertz CT molecular complexity index is 1730. The molecule has 1 aliphatic rings. The van der Waals surface area contributed by atoms with Gasteiger partial charge in [0.15, 0.2) is 5.82 Å². The maximum absolute atomic E-state index is 14.0. The fourth-order valence-corrected chi connectivity index (χ4v) is 5.48. The minimum absolute atomic E-state index is 0.0561. The van der Waals surface area contributed by atoms with Gasteiger partial charge in [-0.3, -0.25) is 4.79 Å². The molecule has 1 aromatic carbocycles. The summed E-state index contributed by atoms with van der Waals surface area (Å²) in [5.74, 6) is 1.59. The molecule has 0 aliphatic carbocycles. The highest BCUT2D eigenvalue weighted by molar-refractivity contribution is 5.50. The Balaban J connectivity index is 1.14. The maximum atomic E-state index is 14.0. The Morgan fingerprint density at radius 2 is 1.81 bits per heavy atom. The summed E-state index contributed by atoms with van der Waals surface area (Å²) in [4.78, 5) is 23.2. The second kappa shape index (κ2) is 14.2. The lowest BCUT2D eigenvalue weighted by atomic mass is 9.91. The molecule has 4 aromatic rings. The summed E-state index contributed by atoms with van der Waals surface area (Å²) in [5.41, 5.74) is -3.36. The quantitative estimate of drug-likeness (QED) is 0.192. The van der Waals surface area contributed by atoms with Crippen molar-refractivity contribution >= 4 is 11.5 Å². The highest BCUT2D eigenvalue weighted by Crippen LogP contribution is 2.35. The minimum Gasteiger partial charge on any atom is -0.497 e. The number of ether oxygens (including phenoxy) is 2. The fourth-order valence-electron chi connectivity index (χ4n) is 5.48. The van der Waals surface area contributed by atoms with E-state index in [0.29, 0.717) is 42.3 Å². The molecule has 1 fully saturated rings. The normalized spacial score (nSPS) is 17.7. The van der Waals surface area contributed by atoms with Gasteiger partial charge in [-0.25, -0.2) is 9.67 Å². The van der Waals surface area contributed by atoms with E-state index in [9.17, 15) is 31.1 Å². The average molecular weight is 682 g/mol. The van der Waals surface area contributed by atoms with Crippen molar-refractivity contribution in [3.05, 3.63) is 87.6 Å². The summed E-state index contributed by atoms with van der Waals surface area (Å²) in [6.07, 6.45) is -6.38. The number of piperidine rings is 1. The average Bonchev–Trinajstić information content (AvgIpc) is 3.51. The van der Waals surface area contributed by atoms with E-state index >= 15 is 0 Å². The predicted octanol–water partition coefficient (Wildman–Crippen LogP) is 5.91. The fraction of sp³-hybridized carbons (Fsp3) is 0.452. The molecule has 3 unspecified atom stereocenters. The molecule has 0 bridgehead atoms. The van der Waals surface area contributed by atoms with Gasteiger partial charge in [0.2, 0.25) is 0 Å². The number of anilines is 2. The monoisotopic (exact) mass is 681 g/mol. The van der Waals surface area contributed by atoms with Crippen LogP contribution in [0.25, 0.3) is 0 Å². The Kier molecular flexibility index (Phi) is 10.3. The van der Waals surface area contributed by atoms with Crippen LogP contribution in [-0.4, -0.2) is 57.3 Å². The van der Waals surface area contributed by atoms with Crippen molar-refractivity contribution in [2.75, 3.05) is 30.5 Å². The Morgan fingerprint density at radius 1 is 1.06 bits per heavy atom. The minimum atomic E-state index is -4.94. The Hall–Kier alpha value is -4.67. The molecule has 3 aromatic heterocycles. The first kappa shape index (κ1) is 34.7. The summed E-state index contributed by atoms with van der Waals surface area (Å²) in [6.45, 7) is 3.73. The molecule has 0 saturated carbocycles. The first-order valence-electron chi connectivity index (χ1n) is 15.0. The van der Waals surface area contributed by atoms with Crippen LogP contribution in [0.15, 0.2) is 58.1 Å². The molecule has 3 atom stereocenters. The van der Waals surface area contributed by atoms with Crippen molar-refractivity contribution in [1.29, 1.82) is 0 Å². The van der Waals surface area contributed by atoms with Crippen LogP contribution in [-0.2, 0) is 30.2 Å². The van der Waals surface area contributed by atoms with Crippen LogP contribution in [0.4, 0.5) is 37.8 Å². The summed E-state index contributed by atoms with van der Waals surface area (Å²) in [5, 5.41) is 10.7. The molecule has 5 rings (SSSR count). The zero-order chi connectivity index (χ0) is 34.6. The number of nitrogens with one attached hydrogen (secondary N) is 1. The van der Waals surface area contributed by atoms with Gasteiger partial charge in [-0.05, 0) is 56.5 Å². The van der Waals surface area contributed by atoms with Crippen LogP contribution >= 0.6 is 0 Å². The zero-order valence-electron chi connectivity index (χ0n) is 26.2. The molecular weight excluding hydrogens is 648 g/mol. The van der Waals surface area contributed by atoms with Crippen LogP contribution in [0.1, 0.15) is 61.0 Å². The van der Waals surface area contributed by atoms with E-state index in [1.807, 2.05) is 11.8 Å². The summed E-state index contributed by atoms with van der Waals surface area (Å²) in [6, 6.07) is 8.18. The van der Waals surface area contributed by atoms with Crippen LogP contribution in [0.2, 0.25) is 0 Å². The van der Waals surface area contributed by atoms with Gasteiger partial charge in [0, 0.05) is 30.7 Å². The third kappa shape index (κ3) is 8.24. The van der Waals surface area contributed by atoms with Crippen molar-refractivity contribution < 1.29 is 40.3 Å². The molecule has 1 saturated heterocycles. The van der Waals surface area contributed by atoms with Crippen molar-refractivity contribution in [3.63, 3.8) is 0 Å². The molecule has 4 heterocycles. The Morgan fingerprint density at radius 3 is 2.44 bits per heavy atom. The van der Waals surface area contributed by atoms with Gasteiger partial charge >= 0.3 is 12.4 Å². The van der Waals surface area contributed by atoms with E-state index in [1.54, 1.807) is 31.2 Å². The molecule has 17 heteroatoms. The van der Waals surface area contributed by atoms with E-state index in [2.05, 4.69) is 25.5 Å². The molecule has 0 amide bonds. The zero-order valence-corrected chi connectivity index (χ0v) is 26.2. The molecular formula is C31H33F6N7O4. The lowest BCUT2D eigenvalue weighted by molar-refractivity contribution is -0.139. The topological polar surface area (TPSA) is 120 Å². The van der Waals surface area contributed by atoms with E-state index in [1.165, 1.54) is 13.2 Å². The molecule has 1 N–H and O–H groups in total. The van der Waals surface area contributed by atoms with E-state index in [0.717, 1.165) is 23.1 Å². The number of hydrogen-bond donors (Lipinski definition) is 1. The smallest absolute Gasteiger partial charge is 0.423 e. The van der Waals surface area contributed by atoms with Crippen molar-refractivity contribution in [1.82, 2.24) is 24.9 Å². The molecule has 11 nitrogen and oxygen atoms in total. The number of alkyl halides is 6. The van der Waals surface area contributed by atoms with Gasteiger partial charge in [-0.1, -0.05) is 17.3 Å². The molecule has 0 radical (unpaired) electrons.